The lowest BCUT2D eigenvalue weighted by Gasteiger charge is -2.04. The van der Waals surface area contributed by atoms with E-state index in [4.69, 9.17) is 34.8 Å². The average Bonchev–Trinajstić information content (AvgIpc) is 2.33. The summed E-state index contributed by atoms with van der Waals surface area (Å²) in [5, 5.41) is 0.923. The van der Waals surface area contributed by atoms with Gasteiger partial charge in [0.25, 0.3) is 0 Å². The Morgan fingerprint density at radius 1 is 1.06 bits per heavy atom. The van der Waals surface area contributed by atoms with Crippen LogP contribution in [0.3, 0.4) is 0 Å². The van der Waals surface area contributed by atoms with E-state index in [1.54, 1.807) is 30.3 Å². The second-order valence-corrected chi connectivity index (χ2v) is 4.47. The van der Waals surface area contributed by atoms with Crippen molar-refractivity contribution in [3.8, 4) is 0 Å². The van der Waals surface area contributed by atoms with E-state index in [2.05, 4.69) is 4.98 Å². The zero-order valence-electron chi connectivity index (χ0n) is 8.45. The van der Waals surface area contributed by atoms with Gasteiger partial charge in [0.15, 0.2) is 5.78 Å². The smallest absolute Gasteiger partial charge is 0.196 e. The molecule has 0 spiro atoms. The third-order valence-electron chi connectivity index (χ3n) is 2.19. The summed E-state index contributed by atoms with van der Waals surface area (Å²) in [5.74, 6) is -0.235. The third-order valence-corrected chi connectivity index (χ3v) is 3.23. The molecule has 1 aromatic heterocycles. The molecule has 86 valence electrons. The highest BCUT2D eigenvalue weighted by atomic mass is 35.5. The number of pyridine rings is 1. The van der Waals surface area contributed by atoms with E-state index in [1.807, 2.05) is 0 Å². The predicted molar refractivity (Wildman–Crippen MR) is 69.1 cm³/mol. The van der Waals surface area contributed by atoms with E-state index in [0.717, 1.165) is 0 Å². The van der Waals surface area contributed by atoms with Crippen molar-refractivity contribution in [2.24, 2.45) is 0 Å². The van der Waals surface area contributed by atoms with E-state index in [0.29, 0.717) is 21.3 Å². The summed E-state index contributed by atoms with van der Waals surface area (Å²) in [7, 11) is 0. The number of carbonyl (C=O) groups excluding carboxylic acids is 1. The fourth-order valence-corrected chi connectivity index (χ4v) is 1.84. The molecular formula is C12H6Cl3NO. The molecule has 17 heavy (non-hydrogen) atoms. The van der Waals surface area contributed by atoms with Gasteiger partial charge >= 0.3 is 0 Å². The molecule has 0 fully saturated rings. The molecular weight excluding hydrogens is 280 g/mol. The Hall–Kier alpha value is -1.09. The monoisotopic (exact) mass is 285 g/mol. The summed E-state index contributed by atoms with van der Waals surface area (Å²) < 4.78 is 0. The fraction of sp³-hybridized carbons (Fsp3) is 0. The van der Waals surface area contributed by atoms with Crippen molar-refractivity contribution in [2.75, 3.05) is 0 Å². The largest absolute Gasteiger partial charge is 0.288 e. The van der Waals surface area contributed by atoms with Gasteiger partial charge in [0, 0.05) is 17.3 Å². The molecule has 1 aromatic carbocycles. The van der Waals surface area contributed by atoms with Crippen LogP contribution in [-0.4, -0.2) is 10.8 Å². The molecule has 0 bridgehead atoms. The minimum Gasteiger partial charge on any atom is -0.288 e. The molecule has 2 rings (SSSR count). The molecule has 0 aliphatic heterocycles. The number of hydrogen-bond donors (Lipinski definition) is 0. The van der Waals surface area contributed by atoms with Gasteiger partial charge < -0.3 is 0 Å². The van der Waals surface area contributed by atoms with E-state index in [-0.39, 0.29) is 10.8 Å². The van der Waals surface area contributed by atoms with Gasteiger partial charge in [-0.1, -0.05) is 40.9 Å². The van der Waals surface area contributed by atoms with Crippen molar-refractivity contribution in [2.45, 2.75) is 0 Å². The normalized spacial score (nSPS) is 10.3. The maximum atomic E-state index is 12.1. The molecule has 5 heteroatoms. The number of halogens is 3. The average molecular weight is 287 g/mol. The highest BCUT2D eigenvalue weighted by molar-refractivity contribution is 6.44. The first-order valence-electron chi connectivity index (χ1n) is 4.70. The van der Waals surface area contributed by atoms with E-state index in [1.165, 1.54) is 6.20 Å². The minimum absolute atomic E-state index is 0.235. The maximum Gasteiger partial charge on any atom is 0.196 e. The van der Waals surface area contributed by atoms with Crippen LogP contribution in [0.5, 0.6) is 0 Å². The van der Waals surface area contributed by atoms with Crippen LogP contribution in [0.4, 0.5) is 0 Å². The summed E-state index contributed by atoms with van der Waals surface area (Å²) >= 11 is 17.5. The van der Waals surface area contributed by atoms with Gasteiger partial charge in [-0.2, -0.15) is 0 Å². The van der Waals surface area contributed by atoms with Crippen LogP contribution < -0.4 is 0 Å². The van der Waals surface area contributed by atoms with Crippen molar-refractivity contribution in [3.63, 3.8) is 0 Å². The predicted octanol–water partition coefficient (Wildman–Crippen LogP) is 4.27. The Morgan fingerprint density at radius 2 is 1.82 bits per heavy atom. The Morgan fingerprint density at radius 3 is 2.47 bits per heavy atom. The Bertz CT molecular complexity index is 566. The number of benzene rings is 1. The number of nitrogens with zero attached hydrogens (tertiary/aromatic N) is 1. The molecule has 2 nitrogen and oxygen atoms in total. The molecule has 0 N–H and O–H groups in total. The molecule has 0 amide bonds. The Labute approximate surface area is 113 Å². The Kier molecular flexibility index (Phi) is 3.67. The summed E-state index contributed by atoms with van der Waals surface area (Å²) in [5.41, 5.74) is 0.766. The van der Waals surface area contributed by atoms with Crippen LogP contribution in [0.15, 0.2) is 36.5 Å². The van der Waals surface area contributed by atoms with Crippen LogP contribution in [0.2, 0.25) is 15.2 Å². The minimum atomic E-state index is -0.235. The standard InChI is InChI=1S/C12H6Cl3NO/c13-9-3-1-2-8(11(9)15)12(17)7-4-5-10(14)16-6-7/h1-6H. The fourth-order valence-electron chi connectivity index (χ4n) is 1.34. The van der Waals surface area contributed by atoms with Crippen molar-refractivity contribution >= 4 is 40.6 Å². The molecule has 1 heterocycles. The second-order valence-electron chi connectivity index (χ2n) is 3.30. The third kappa shape index (κ3) is 2.60. The second kappa shape index (κ2) is 5.05. The van der Waals surface area contributed by atoms with Crippen molar-refractivity contribution in [1.82, 2.24) is 4.98 Å². The number of ketones is 1. The molecule has 0 radical (unpaired) electrons. The molecule has 0 atom stereocenters. The van der Waals surface area contributed by atoms with Gasteiger partial charge in [0.1, 0.15) is 5.15 Å². The van der Waals surface area contributed by atoms with Gasteiger partial charge in [-0.25, -0.2) is 4.98 Å². The summed E-state index contributed by atoms with van der Waals surface area (Å²) in [6.07, 6.45) is 1.40. The molecule has 0 aliphatic carbocycles. The first-order chi connectivity index (χ1) is 8.09. The van der Waals surface area contributed by atoms with Crippen LogP contribution in [0, 0.1) is 0 Å². The van der Waals surface area contributed by atoms with Gasteiger partial charge in [-0.15, -0.1) is 0 Å². The first kappa shape index (κ1) is 12.4. The van der Waals surface area contributed by atoms with Gasteiger partial charge in [0.05, 0.1) is 10.0 Å². The van der Waals surface area contributed by atoms with E-state index >= 15 is 0 Å². The lowest BCUT2D eigenvalue weighted by atomic mass is 10.1. The molecule has 0 unspecified atom stereocenters. The summed E-state index contributed by atoms with van der Waals surface area (Å²) in [4.78, 5) is 16.0. The quantitative estimate of drug-likeness (QED) is 0.609. The number of hydrogen-bond acceptors (Lipinski definition) is 2. The summed E-state index contributed by atoms with van der Waals surface area (Å²) in [6.45, 7) is 0. The highest BCUT2D eigenvalue weighted by Gasteiger charge is 2.14. The lowest BCUT2D eigenvalue weighted by molar-refractivity contribution is 0.103. The molecule has 0 saturated carbocycles. The van der Waals surface area contributed by atoms with Gasteiger partial charge in [-0.3, -0.25) is 4.79 Å². The van der Waals surface area contributed by atoms with E-state index in [9.17, 15) is 4.79 Å². The maximum absolute atomic E-state index is 12.1. The SMILES string of the molecule is O=C(c1ccc(Cl)nc1)c1cccc(Cl)c1Cl. The van der Waals surface area contributed by atoms with Crippen LogP contribution in [-0.2, 0) is 0 Å². The topological polar surface area (TPSA) is 30.0 Å². The van der Waals surface area contributed by atoms with Gasteiger partial charge in [-0.05, 0) is 24.3 Å². The summed E-state index contributed by atoms with van der Waals surface area (Å²) in [6, 6.07) is 8.05. The first-order valence-corrected chi connectivity index (χ1v) is 5.83. The Balaban J connectivity index is 2.44. The van der Waals surface area contributed by atoms with Gasteiger partial charge in [0.2, 0.25) is 0 Å². The molecule has 2 aromatic rings. The van der Waals surface area contributed by atoms with Crippen LogP contribution >= 0.6 is 34.8 Å². The number of rotatable bonds is 2. The van der Waals surface area contributed by atoms with Crippen molar-refractivity contribution < 1.29 is 4.79 Å². The highest BCUT2D eigenvalue weighted by Crippen LogP contribution is 2.27. The molecule has 0 aliphatic rings. The van der Waals surface area contributed by atoms with E-state index < -0.39 is 0 Å². The zero-order chi connectivity index (χ0) is 12.4. The lowest BCUT2D eigenvalue weighted by Crippen LogP contribution is -2.02. The number of aromatic nitrogens is 1. The van der Waals surface area contributed by atoms with Crippen molar-refractivity contribution in [3.05, 3.63) is 62.9 Å². The van der Waals surface area contributed by atoms with Crippen LogP contribution in [0.25, 0.3) is 0 Å². The van der Waals surface area contributed by atoms with Crippen molar-refractivity contribution in [1.29, 1.82) is 0 Å². The molecule has 0 saturated heterocycles. The number of carbonyl (C=O) groups is 1. The zero-order valence-corrected chi connectivity index (χ0v) is 10.7. The van der Waals surface area contributed by atoms with Crippen LogP contribution in [0.1, 0.15) is 15.9 Å².